The van der Waals surface area contributed by atoms with E-state index in [1.54, 1.807) is 11.3 Å². The number of thiazole rings is 1. The lowest BCUT2D eigenvalue weighted by atomic mass is 9.96. The van der Waals surface area contributed by atoms with Gasteiger partial charge in [-0.25, -0.2) is 9.78 Å². The van der Waals surface area contributed by atoms with Gasteiger partial charge in [-0.15, -0.1) is 11.3 Å². The molecule has 220 valence electrons. The number of alkyl halides is 3. The van der Waals surface area contributed by atoms with Crippen LogP contribution in [0.25, 0.3) is 10.9 Å². The summed E-state index contributed by atoms with van der Waals surface area (Å²) in [6.07, 6.45) is 1.64. The molecule has 1 saturated heterocycles. The summed E-state index contributed by atoms with van der Waals surface area (Å²) in [4.78, 5) is 26.1. The largest absolute Gasteiger partial charge is 0.490 e. The molecule has 1 fully saturated rings. The van der Waals surface area contributed by atoms with Gasteiger partial charge in [0, 0.05) is 73.8 Å². The zero-order chi connectivity index (χ0) is 28.9. The van der Waals surface area contributed by atoms with Crippen molar-refractivity contribution < 1.29 is 23.1 Å². The molecule has 3 aromatic rings. The van der Waals surface area contributed by atoms with E-state index in [4.69, 9.17) is 27.2 Å². The van der Waals surface area contributed by atoms with E-state index in [1.165, 1.54) is 40.9 Å². The maximum Gasteiger partial charge on any atom is 0.490 e. The molecular weight excluding hydrogens is 565 g/mol. The quantitative estimate of drug-likeness (QED) is 0.339. The zero-order valence-corrected chi connectivity index (χ0v) is 24.1. The number of halogens is 4. The number of hydrogen-bond donors (Lipinski definition) is 3. The summed E-state index contributed by atoms with van der Waals surface area (Å²) < 4.78 is 31.7. The number of aromatic amines is 1. The molecule has 4 N–H and O–H groups in total. The van der Waals surface area contributed by atoms with Crippen molar-refractivity contribution >= 4 is 44.9 Å². The minimum atomic E-state index is -5.08. The summed E-state index contributed by atoms with van der Waals surface area (Å²) in [5.41, 5.74) is 9.64. The second-order valence-corrected chi connectivity index (χ2v) is 11.8. The second-order valence-electron chi connectivity index (χ2n) is 10.3. The highest BCUT2D eigenvalue weighted by Crippen LogP contribution is 2.31. The molecule has 0 bridgehead atoms. The highest BCUT2D eigenvalue weighted by Gasteiger charge is 2.38. The van der Waals surface area contributed by atoms with E-state index in [-0.39, 0.29) is 0 Å². The van der Waals surface area contributed by atoms with Crippen molar-refractivity contribution in [1.82, 2.24) is 24.7 Å². The number of H-pyrrole nitrogens is 1. The number of carbonyl (C=O) groups is 1. The van der Waals surface area contributed by atoms with Crippen LogP contribution in [0.4, 0.5) is 18.3 Å². The molecule has 5 rings (SSSR count). The van der Waals surface area contributed by atoms with Crippen molar-refractivity contribution in [2.45, 2.75) is 51.4 Å². The topological polar surface area (TPSA) is 102 Å². The van der Waals surface area contributed by atoms with Crippen LogP contribution >= 0.6 is 22.9 Å². The van der Waals surface area contributed by atoms with Crippen LogP contribution in [-0.4, -0.2) is 93.8 Å². The molecule has 1 atom stereocenters. The van der Waals surface area contributed by atoms with Crippen molar-refractivity contribution in [1.29, 1.82) is 0 Å². The van der Waals surface area contributed by atoms with E-state index in [0.29, 0.717) is 6.04 Å². The smallest absolute Gasteiger partial charge is 0.475 e. The number of aryl methyl sites for hydroxylation is 1. The van der Waals surface area contributed by atoms with Crippen LogP contribution in [0.15, 0.2) is 24.4 Å². The maximum absolute atomic E-state index is 10.6. The van der Waals surface area contributed by atoms with Gasteiger partial charge in [-0.1, -0.05) is 24.6 Å². The van der Waals surface area contributed by atoms with E-state index in [2.05, 4.69) is 43.9 Å². The van der Waals surface area contributed by atoms with Gasteiger partial charge in [0.1, 0.15) is 0 Å². The Morgan fingerprint density at radius 3 is 2.62 bits per heavy atom. The van der Waals surface area contributed by atoms with E-state index in [9.17, 15) is 13.2 Å². The number of rotatable bonds is 8. The first-order valence-electron chi connectivity index (χ1n) is 13.5. The van der Waals surface area contributed by atoms with Crippen LogP contribution in [0.2, 0.25) is 5.02 Å². The lowest BCUT2D eigenvalue weighted by Crippen LogP contribution is -2.49. The summed E-state index contributed by atoms with van der Waals surface area (Å²) in [5, 5.41) is 9.87. The van der Waals surface area contributed by atoms with Gasteiger partial charge in [0.25, 0.3) is 0 Å². The third kappa shape index (κ3) is 7.88. The van der Waals surface area contributed by atoms with E-state index < -0.39 is 12.1 Å². The summed E-state index contributed by atoms with van der Waals surface area (Å²) in [7, 11) is 0. The molecule has 0 saturated carbocycles. The fourth-order valence-corrected chi connectivity index (χ4v) is 6.71. The molecule has 0 amide bonds. The molecule has 1 aromatic carbocycles. The Balaban J connectivity index is 0.000000470. The molecule has 0 radical (unpaired) electrons. The minimum Gasteiger partial charge on any atom is -0.475 e. The molecule has 0 spiro atoms. The molecule has 2 aliphatic rings. The number of carboxylic acid groups (broad SMARTS) is 1. The normalized spacial score (nSPS) is 18.5. The molecule has 13 heteroatoms. The number of anilines is 1. The van der Waals surface area contributed by atoms with Crippen LogP contribution < -0.4 is 5.73 Å². The number of aliphatic carboxylic acids is 1. The first-order valence-corrected chi connectivity index (χ1v) is 14.7. The van der Waals surface area contributed by atoms with Crippen molar-refractivity contribution in [3.63, 3.8) is 0 Å². The molecule has 1 aliphatic carbocycles. The number of piperazine rings is 1. The molecule has 1 unspecified atom stereocenters. The molecular formula is C27H36ClF3N6O2S. The van der Waals surface area contributed by atoms with Gasteiger partial charge in [-0.2, -0.15) is 13.2 Å². The number of aromatic nitrogens is 2. The second kappa shape index (κ2) is 13.5. The Morgan fingerprint density at radius 2 is 1.95 bits per heavy atom. The van der Waals surface area contributed by atoms with Crippen LogP contribution in [0.3, 0.4) is 0 Å². The van der Waals surface area contributed by atoms with Gasteiger partial charge in [0.2, 0.25) is 0 Å². The van der Waals surface area contributed by atoms with Crippen molar-refractivity contribution in [3.05, 3.63) is 45.6 Å². The monoisotopic (exact) mass is 600 g/mol. The van der Waals surface area contributed by atoms with E-state index in [0.717, 1.165) is 74.3 Å². The van der Waals surface area contributed by atoms with Crippen molar-refractivity contribution in [2.24, 2.45) is 0 Å². The lowest BCUT2D eigenvalue weighted by Gasteiger charge is -2.38. The summed E-state index contributed by atoms with van der Waals surface area (Å²) in [5.74, 6) is -2.76. The van der Waals surface area contributed by atoms with Crippen LogP contribution in [0.1, 0.15) is 35.9 Å². The molecule has 1 aliphatic heterocycles. The SMILES string of the molecule is CCCN(CCN1CCN(Cc2c[nH]c3cccc(Cl)c23)CC1)C1CCc2nc(N)sc2C1.O=C(O)C(F)(F)F. The molecule has 8 nitrogen and oxygen atoms in total. The Kier molecular flexibility index (Phi) is 10.3. The van der Waals surface area contributed by atoms with Crippen LogP contribution in [0, 0.1) is 0 Å². The third-order valence-electron chi connectivity index (χ3n) is 7.50. The minimum absolute atomic E-state index is 0.630. The molecule has 3 heterocycles. The average Bonchev–Trinajstić information content (AvgIpc) is 3.49. The van der Waals surface area contributed by atoms with Gasteiger partial charge in [-0.3, -0.25) is 14.7 Å². The van der Waals surface area contributed by atoms with Gasteiger partial charge in [-0.05, 0) is 49.9 Å². The van der Waals surface area contributed by atoms with E-state index >= 15 is 0 Å². The third-order valence-corrected chi connectivity index (χ3v) is 8.76. The van der Waals surface area contributed by atoms with Crippen LogP contribution in [-0.2, 0) is 24.2 Å². The summed E-state index contributed by atoms with van der Waals surface area (Å²) in [6, 6.07) is 6.72. The number of nitrogen functional groups attached to an aromatic ring is 1. The van der Waals surface area contributed by atoms with Gasteiger partial charge >= 0.3 is 12.1 Å². The average molecular weight is 601 g/mol. The van der Waals surface area contributed by atoms with Gasteiger partial charge in [0.05, 0.1) is 10.7 Å². The Morgan fingerprint density at radius 1 is 1.25 bits per heavy atom. The number of nitrogens with two attached hydrogens (primary N) is 1. The number of fused-ring (bicyclic) bond motifs is 2. The van der Waals surface area contributed by atoms with Gasteiger partial charge < -0.3 is 15.8 Å². The van der Waals surface area contributed by atoms with Crippen LogP contribution in [0.5, 0.6) is 0 Å². The van der Waals surface area contributed by atoms with E-state index in [1.807, 2.05) is 12.1 Å². The Labute approximate surface area is 240 Å². The fourth-order valence-electron chi connectivity index (χ4n) is 5.47. The predicted octanol–water partition coefficient (Wildman–Crippen LogP) is 4.88. The van der Waals surface area contributed by atoms with Crippen molar-refractivity contribution in [3.8, 4) is 0 Å². The highest BCUT2D eigenvalue weighted by atomic mass is 35.5. The maximum atomic E-state index is 10.6. The molecule has 40 heavy (non-hydrogen) atoms. The Bertz CT molecular complexity index is 1270. The highest BCUT2D eigenvalue weighted by molar-refractivity contribution is 7.15. The number of nitrogens with zero attached hydrogens (tertiary/aromatic N) is 4. The summed E-state index contributed by atoms with van der Waals surface area (Å²) in [6.45, 7) is 11.2. The number of nitrogens with one attached hydrogen (secondary N) is 1. The summed E-state index contributed by atoms with van der Waals surface area (Å²) >= 11 is 8.17. The Hall–Kier alpha value is -2.38. The first-order chi connectivity index (χ1) is 19.0. The number of carboxylic acids is 1. The predicted molar refractivity (Wildman–Crippen MR) is 153 cm³/mol. The lowest BCUT2D eigenvalue weighted by molar-refractivity contribution is -0.192. The number of hydrogen-bond acceptors (Lipinski definition) is 7. The number of benzene rings is 1. The molecule has 2 aromatic heterocycles. The van der Waals surface area contributed by atoms with Gasteiger partial charge in [0.15, 0.2) is 5.13 Å². The van der Waals surface area contributed by atoms with Crippen molar-refractivity contribution in [2.75, 3.05) is 51.5 Å². The fraction of sp³-hybridized carbons (Fsp3) is 0.556. The zero-order valence-electron chi connectivity index (χ0n) is 22.5. The standard InChI is InChI=1S/C25H35ClN6S.C2HF3O2/c1-2-8-32(19-6-7-21-23(15-19)33-25(27)29-21)14-13-30-9-11-31(12-10-30)17-18-16-28-22-5-3-4-20(26)24(18)22;3-2(4,5)1(6)7/h3-5,16,19,28H,2,6-15,17H2,1H3,(H2,27,29);(H,6,7). The first kappa shape index (κ1) is 30.6.